The molecule has 2 aliphatic rings. The van der Waals surface area contributed by atoms with Crippen LogP contribution in [0.4, 0.5) is 5.69 Å². The average molecular weight is 550 g/mol. The maximum atomic E-state index is 5.35. The van der Waals surface area contributed by atoms with E-state index < -0.39 is 0 Å². The van der Waals surface area contributed by atoms with Crippen LogP contribution in [-0.2, 0) is 0 Å². The molecule has 3 heteroatoms. The predicted octanol–water partition coefficient (Wildman–Crippen LogP) is 9.49. The zero-order valence-electron chi connectivity index (χ0n) is 23.4. The van der Waals surface area contributed by atoms with Crippen molar-refractivity contribution in [3.63, 3.8) is 0 Å². The number of benzene rings is 6. The molecule has 202 valence electrons. The van der Waals surface area contributed by atoms with E-state index in [1.807, 2.05) is 0 Å². The Balaban J connectivity index is 1.25. The minimum absolute atomic E-state index is 0.106. The number of aromatic nitrogens is 1. The van der Waals surface area contributed by atoms with Gasteiger partial charge in [0.15, 0.2) is 0 Å². The minimum atomic E-state index is 0.106. The maximum absolute atomic E-state index is 5.35. The molecule has 0 amide bonds. The van der Waals surface area contributed by atoms with Crippen LogP contribution >= 0.6 is 0 Å². The Morgan fingerprint density at radius 1 is 0.488 bits per heavy atom. The molecule has 0 radical (unpaired) electrons. The van der Waals surface area contributed by atoms with Crippen LogP contribution in [0.25, 0.3) is 54.5 Å². The third kappa shape index (κ3) is 3.75. The zero-order valence-corrected chi connectivity index (χ0v) is 23.4. The van der Waals surface area contributed by atoms with Gasteiger partial charge >= 0.3 is 0 Å². The summed E-state index contributed by atoms with van der Waals surface area (Å²) in [6.07, 6.45) is 8.69. The van der Waals surface area contributed by atoms with Gasteiger partial charge in [0.1, 0.15) is 5.84 Å². The van der Waals surface area contributed by atoms with Crippen molar-refractivity contribution < 1.29 is 0 Å². The Kier molecular flexibility index (Phi) is 5.32. The first-order valence-corrected chi connectivity index (χ1v) is 14.8. The summed E-state index contributed by atoms with van der Waals surface area (Å²) in [6.45, 7) is 0. The van der Waals surface area contributed by atoms with Crippen LogP contribution in [0.5, 0.6) is 0 Å². The van der Waals surface area contributed by atoms with Crippen LogP contribution < -0.4 is 4.90 Å². The van der Waals surface area contributed by atoms with Gasteiger partial charge in [-0.2, -0.15) is 0 Å². The van der Waals surface area contributed by atoms with E-state index in [9.17, 15) is 0 Å². The number of pyridine rings is 1. The highest BCUT2D eigenvalue weighted by molar-refractivity contribution is 6.21. The molecule has 2 heterocycles. The number of fused-ring (bicyclic) bond motifs is 7. The number of amidine groups is 1. The highest BCUT2D eigenvalue weighted by Gasteiger charge is 2.35. The van der Waals surface area contributed by atoms with Gasteiger partial charge in [-0.25, -0.2) is 4.98 Å². The molecule has 1 aromatic heterocycles. The van der Waals surface area contributed by atoms with E-state index in [1.165, 1.54) is 43.4 Å². The zero-order chi connectivity index (χ0) is 28.3. The van der Waals surface area contributed by atoms with Crippen LogP contribution in [0, 0.1) is 0 Å². The number of rotatable bonds is 3. The van der Waals surface area contributed by atoms with Gasteiger partial charge in [-0.05, 0) is 28.5 Å². The number of nitrogens with zero attached hydrogens (tertiary/aromatic N) is 3. The van der Waals surface area contributed by atoms with E-state index >= 15 is 0 Å². The third-order valence-electron chi connectivity index (χ3n) is 8.90. The van der Waals surface area contributed by atoms with Crippen LogP contribution in [0.1, 0.15) is 5.56 Å². The quantitative estimate of drug-likeness (QED) is 0.162. The summed E-state index contributed by atoms with van der Waals surface area (Å²) in [4.78, 5) is 12.9. The topological polar surface area (TPSA) is 28.5 Å². The average Bonchev–Trinajstić information content (AvgIpc) is 3.47. The molecule has 1 aliphatic carbocycles. The second-order valence-electron chi connectivity index (χ2n) is 11.3. The van der Waals surface area contributed by atoms with Crippen LogP contribution in [0.3, 0.4) is 0 Å². The van der Waals surface area contributed by atoms with Gasteiger partial charge in [0.25, 0.3) is 0 Å². The van der Waals surface area contributed by atoms with Gasteiger partial charge in [0, 0.05) is 38.4 Å². The molecular formula is C40H27N3. The molecule has 0 N–H and O–H groups in total. The molecule has 43 heavy (non-hydrogen) atoms. The number of aliphatic imine (C=N–C) groups is 1. The van der Waals surface area contributed by atoms with Crippen molar-refractivity contribution in [2.24, 2.45) is 4.99 Å². The largest absolute Gasteiger partial charge is 0.317 e. The second-order valence-corrected chi connectivity index (χ2v) is 11.3. The second kappa shape index (κ2) is 9.50. The molecule has 3 nitrogen and oxygen atoms in total. The summed E-state index contributed by atoms with van der Waals surface area (Å²) in [5, 5.41) is 7.09. The van der Waals surface area contributed by atoms with Gasteiger partial charge in [-0.1, -0.05) is 140 Å². The SMILES string of the molecule is C1=CC2N=C(c3ccc(-c4c5ccc6ccccc6c5nc5c4ccc4ccccc45)cc3)N(c3ccccc3)C2C=C1. The van der Waals surface area contributed by atoms with Gasteiger partial charge < -0.3 is 4.90 Å². The predicted molar refractivity (Wildman–Crippen MR) is 181 cm³/mol. The van der Waals surface area contributed by atoms with E-state index in [0.29, 0.717) is 0 Å². The Labute approximate surface area is 249 Å². The van der Waals surface area contributed by atoms with E-state index in [0.717, 1.165) is 28.1 Å². The maximum Gasteiger partial charge on any atom is 0.136 e. The lowest BCUT2D eigenvalue weighted by Crippen LogP contribution is -2.39. The molecule has 0 fully saturated rings. The number of anilines is 1. The van der Waals surface area contributed by atoms with Crippen molar-refractivity contribution in [3.8, 4) is 11.1 Å². The van der Waals surface area contributed by atoms with E-state index in [-0.39, 0.29) is 12.1 Å². The van der Waals surface area contributed by atoms with Crippen LogP contribution in [0.2, 0.25) is 0 Å². The summed E-state index contributed by atoms with van der Waals surface area (Å²) in [7, 11) is 0. The highest BCUT2D eigenvalue weighted by atomic mass is 15.3. The molecule has 0 bridgehead atoms. The molecule has 7 aromatic rings. The summed E-state index contributed by atoms with van der Waals surface area (Å²) < 4.78 is 0. The van der Waals surface area contributed by atoms with Crippen molar-refractivity contribution >= 4 is 54.9 Å². The summed E-state index contributed by atoms with van der Waals surface area (Å²) in [5.41, 5.74) is 6.74. The Morgan fingerprint density at radius 2 is 1.07 bits per heavy atom. The molecule has 2 unspecified atom stereocenters. The summed E-state index contributed by atoms with van der Waals surface area (Å²) >= 11 is 0. The van der Waals surface area contributed by atoms with Crippen molar-refractivity contribution in [3.05, 3.63) is 157 Å². The number of allylic oxidation sites excluding steroid dienone is 2. The van der Waals surface area contributed by atoms with Crippen molar-refractivity contribution in [2.45, 2.75) is 12.1 Å². The molecule has 0 spiro atoms. The normalized spacial score (nSPS) is 17.7. The van der Waals surface area contributed by atoms with Crippen molar-refractivity contribution in [1.29, 1.82) is 0 Å². The fourth-order valence-electron chi connectivity index (χ4n) is 6.89. The van der Waals surface area contributed by atoms with Gasteiger partial charge in [-0.15, -0.1) is 0 Å². The molecular weight excluding hydrogens is 522 g/mol. The van der Waals surface area contributed by atoms with Crippen molar-refractivity contribution in [1.82, 2.24) is 4.98 Å². The first-order chi connectivity index (χ1) is 21.3. The van der Waals surface area contributed by atoms with Crippen molar-refractivity contribution in [2.75, 3.05) is 4.90 Å². The molecule has 6 aromatic carbocycles. The molecule has 0 saturated heterocycles. The smallest absolute Gasteiger partial charge is 0.136 e. The lowest BCUT2D eigenvalue weighted by Gasteiger charge is -2.29. The number of para-hydroxylation sites is 1. The molecule has 1 aliphatic heterocycles. The lowest BCUT2D eigenvalue weighted by atomic mass is 9.92. The fourth-order valence-corrected chi connectivity index (χ4v) is 6.89. The molecule has 0 saturated carbocycles. The Hall–Kier alpha value is -5.54. The standard InChI is InChI=1S/C40H27N3/c1-2-12-30(13-3-1)43-36-17-9-8-16-35(36)41-40(43)29-20-18-28(19-21-29)37-33-24-22-26-10-4-6-14-31(26)38(33)42-39-32-15-7-5-11-27(32)23-25-34(37)39/h1-25,35-36H. The number of hydrogen-bond acceptors (Lipinski definition) is 3. The minimum Gasteiger partial charge on any atom is -0.317 e. The fraction of sp³-hybridized carbons (Fsp3) is 0.0500. The summed E-state index contributed by atoms with van der Waals surface area (Å²) in [5.74, 6) is 1.00. The van der Waals surface area contributed by atoms with Gasteiger partial charge in [0.05, 0.1) is 23.1 Å². The lowest BCUT2D eigenvalue weighted by molar-refractivity contribution is 0.739. The van der Waals surface area contributed by atoms with E-state index in [4.69, 9.17) is 9.98 Å². The highest BCUT2D eigenvalue weighted by Crippen LogP contribution is 2.40. The summed E-state index contributed by atoms with van der Waals surface area (Å²) in [6, 6.07) is 45.9. The van der Waals surface area contributed by atoms with Crippen LogP contribution in [0.15, 0.2) is 157 Å². The first kappa shape index (κ1) is 24.1. The van der Waals surface area contributed by atoms with E-state index in [1.54, 1.807) is 0 Å². The van der Waals surface area contributed by atoms with Gasteiger partial charge in [-0.3, -0.25) is 4.99 Å². The monoisotopic (exact) mass is 549 g/mol. The molecule has 2 atom stereocenters. The van der Waals surface area contributed by atoms with E-state index in [2.05, 4.69) is 157 Å². The number of hydrogen-bond donors (Lipinski definition) is 0. The Bertz CT molecular complexity index is 2200. The third-order valence-corrected chi connectivity index (χ3v) is 8.90. The van der Waals surface area contributed by atoms with Crippen LogP contribution in [-0.4, -0.2) is 22.9 Å². The molecule has 9 rings (SSSR count). The first-order valence-electron chi connectivity index (χ1n) is 14.8. The Morgan fingerprint density at radius 3 is 1.74 bits per heavy atom. The van der Waals surface area contributed by atoms with Gasteiger partial charge in [0.2, 0.25) is 0 Å².